The van der Waals surface area contributed by atoms with E-state index in [9.17, 15) is 9.59 Å². The van der Waals surface area contributed by atoms with Crippen molar-refractivity contribution in [2.45, 2.75) is 24.9 Å². The minimum atomic E-state index is -0.662. The maximum absolute atomic E-state index is 12.8. The predicted octanol–water partition coefficient (Wildman–Crippen LogP) is 4.17. The number of methoxy groups -OCH3 is 2. The quantitative estimate of drug-likeness (QED) is 0.588. The minimum absolute atomic E-state index is 0.0365. The molecule has 1 saturated heterocycles. The van der Waals surface area contributed by atoms with Crippen LogP contribution in [0.25, 0.3) is 0 Å². The van der Waals surface area contributed by atoms with Crippen LogP contribution in [0.3, 0.4) is 0 Å². The van der Waals surface area contributed by atoms with Crippen molar-refractivity contribution in [3.05, 3.63) is 83.7 Å². The van der Waals surface area contributed by atoms with Crippen LogP contribution in [0.5, 0.6) is 11.5 Å². The molecule has 7 nitrogen and oxygen atoms in total. The van der Waals surface area contributed by atoms with Crippen molar-refractivity contribution in [3.8, 4) is 11.5 Å². The van der Waals surface area contributed by atoms with Gasteiger partial charge in [-0.15, -0.1) is 0 Å². The molecule has 33 heavy (non-hydrogen) atoms. The number of hydrogen-bond acceptors (Lipinski definition) is 7. The number of hydrogen-bond donors (Lipinski definition) is 0. The molecule has 0 aliphatic carbocycles. The van der Waals surface area contributed by atoms with Gasteiger partial charge in [-0.2, -0.15) is 0 Å². The predicted molar refractivity (Wildman–Crippen MR) is 122 cm³/mol. The summed E-state index contributed by atoms with van der Waals surface area (Å²) < 4.78 is 21.8. The summed E-state index contributed by atoms with van der Waals surface area (Å²) in [7, 11) is 2.66. The fourth-order valence-corrected chi connectivity index (χ4v) is 4.16. The summed E-state index contributed by atoms with van der Waals surface area (Å²) in [5.41, 5.74) is 1.40. The lowest BCUT2D eigenvalue weighted by molar-refractivity contribution is -0.137. The summed E-state index contributed by atoms with van der Waals surface area (Å²) in [6, 6.07) is 16.7. The summed E-state index contributed by atoms with van der Waals surface area (Å²) in [6.45, 7) is 1.25. The second-order valence-corrected chi connectivity index (χ2v) is 7.90. The molecule has 0 amide bonds. The molecule has 2 heterocycles. The molecule has 1 unspecified atom stereocenters. The number of rotatable bonds is 7. The van der Waals surface area contributed by atoms with Gasteiger partial charge in [-0.25, -0.2) is 9.59 Å². The molecule has 0 bridgehead atoms. The smallest absolute Gasteiger partial charge is 0.336 e. The Kier molecular flexibility index (Phi) is 7.10. The van der Waals surface area contributed by atoms with Crippen LogP contribution in [0, 0.1) is 0 Å². The maximum atomic E-state index is 12.8. The van der Waals surface area contributed by atoms with Crippen molar-refractivity contribution in [1.29, 1.82) is 0 Å². The topological polar surface area (TPSA) is 74.3 Å². The van der Waals surface area contributed by atoms with Gasteiger partial charge in [0.05, 0.1) is 37.4 Å². The van der Waals surface area contributed by atoms with Gasteiger partial charge >= 0.3 is 11.9 Å². The molecule has 172 valence electrons. The van der Waals surface area contributed by atoms with E-state index in [4.69, 9.17) is 18.9 Å². The van der Waals surface area contributed by atoms with Gasteiger partial charge in [-0.1, -0.05) is 30.3 Å². The van der Waals surface area contributed by atoms with E-state index in [1.165, 1.54) is 14.2 Å². The van der Waals surface area contributed by atoms with Crippen LogP contribution in [-0.4, -0.2) is 50.3 Å². The molecule has 7 heteroatoms. The number of carbonyl (C=O) groups excluding carboxylic acids is 2. The molecule has 2 aliphatic rings. The van der Waals surface area contributed by atoms with Gasteiger partial charge in [0.15, 0.2) is 0 Å². The Morgan fingerprint density at radius 3 is 2.21 bits per heavy atom. The summed E-state index contributed by atoms with van der Waals surface area (Å²) in [5.74, 6) is -0.408. The number of esters is 2. The SMILES string of the molecule is COC(=O)C1=CN(CC2CCCO2)C=C(C(=O)OC)C1c1cccc(Oc2ccccc2)c1. The molecule has 2 aromatic rings. The molecule has 4 rings (SSSR count). The Bertz CT molecular complexity index is 1020. The molecule has 0 N–H and O–H groups in total. The molecule has 2 aromatic carbocycles. The lowest BCUT2D eigenvalue weighted by Gasteiger charge is -2.31. The van der Waals surface area contributed by atoms with Crippen LogP contribution in [0.2, 0.25) is 0 Å². The first-order valence-electron chi connectivity index (χ1n) is 10.9. The van der Waals surface area contributed by atoms with Crippen LogP contribution in [0.1, 0.15) is 24.3 Å². The molecule has 1 fully saturated rings. The average Bonchev–Trinajstić information content (AvgIpc) is 3.36. The standard InChI is InChI=1S/C26H27NO6/c1-30-25(28)22-16-27(15-21-12-7-13-32-21)17-23(26(29)31-2)24(22)18-8-6-11-20(14-18)33-19-9-4-3-5-10-19/h3-6,8-11,14,16-17,21,24H,7,12-13,15H2,1-2H3. The molecular formula is C26H27NO6. The van der Waals surface area contributed by atoms with Crippen LogP contribution < -0.4 is 4.74 Å². The van der Waals surface area contributed by atoms with Gasteiger partial charge in [0.25, 0.3) is 0 Å². The van der Waals surface area contributed by atoms with Crippen LogP contribution in [0.4, 0.5) is 0 Å². The highest BCUT2D eigenvalue weighted by Crippen LogP contribution is 2.39. The molecule has 1 atom stereocenters. The Morgan fingerprint density at radius 1 is 0.939 bits per heavy atom. The van der Waals surface area contributed by atoms with E-state index in [1.807, 2.05) is 59.5 Å². The summed E-state index contributed by atoms with van der Waals surface area (Å²) in [5, 5.41) is 0. The second kappa shape index (κ2) is 10.4. The van der Waals surface area contributed by atoms with Gasteiger partial charge in [0.1, 0.15) is 11.5 Å². The Hall–Kier alpha value is -3.58. The Morgan fingerprint density at radius 2 is 1.61 bits per heavy atom. The first-order chi connectivity index (χ1) is 16.1. The second-order valence-electron chi connectivity index (χ2n) is 7.90. The van der Waals surface area contributed by atoms with Crippen molar-refractivity contribution >= 4 is 11.9 Å². The lowest BCUT2D eigenvalue weighted by Crippen LogP contribution is -2.32. The van der Waals surface area contributed by atoms with Crippen molar-refractivity contribution in [2.75, 3.05) is 27.4 Å². The third-order valence-corrected chi connectivity index (χ3v) is 5.68. The van der Waals surface area contributed by atoms with Crippen molar-refractivity contribution in [3.63, 3.8) is 0 Å². The molecular weight excluding hydrogens is 422 g/mol. The highest BCUT2D eigenvalue weighted by atomic mass is 16.5. The normalized spacial score (nSPS) is 18.4. The van der Waals surface area contributed by atoms with E-state index >= 15 is 0 Å². The molecule has 2 aliphatic heterocycles. The van der Waals surface area contributed by atoms with E-state index < -0.39 is 17.9 Å². The first-order valence-corrected chi connectivity index (χ1v) is 10.9. The number of carbonyl (C=O) groups is 2. The number of benzene rings is 2. The highest BCUT2D eigenvalue weighted by molar-refractivity contribution is 5.98. The summed E-state index contributed by atoms with van der Waals surface area (Å²) in [4.78, 5) is 27.4. The van der Waals surface area contributed by atoms with E-state index in [1.54, 1.807) is 12.4 Å². The van der Waals surface area contributed by atoms with E-state index in [-0.39, 0.29) is 6.10 Å². The monoisotopic (exact) mass is 449 g/mol. The summed E-state index contributed by atoms with van der Waals surface area (Å²) in [6.07, 6.45) is 5.43. The Balaban J connectivity index is 1.70. The summed E-state index contributed by atoms with van der Waals surface area (Å²) >= 11 is 0. The number of nitrogens with zero attached hydrogens (tertiary/aromatic N) is 1. The van der Waals surface area contributed by atoms with Crippen LogP contribution >= 0.6 is 0 Å². The number of para-hydroxylation sites is 1. The third-order valence-electron chi connectivity index (χ3n) is 5.68. The van der Waals surface area contributed by atoms with Gasteiger partial charge in [0.2, 0.25) is 0 Å². The van der Waals surface area contributed by atoms with E-state index in [0.717, 1.165) is 19.4 Å². The first kappa shape index (κ1) is 22.6. The highest BCUT2D eigenvalue weighted by Gasteiger charge is 2.36. The van der Waals surface area contributed by atoms with Crippen LogP contribution in [-0.2, 0) is 23.8 Å². The molecule has 0 aromatic heterocycles. The van der Waals surface area contributed by atoms with Gasteiger partial charge in [0, 0.05) is 25.6 Å². The largest absolute Gasteiger partial charge is 0.466 e. The van der Waals surface area contributed by atoms with Crippen molar-refractivity contribution in [2.24, 2.45) is 0 Å². The zero-order chi connectivity index (χ0) is 23.2. The van der Waals surface area contributed by atoms with Gasteiger partial charge in [-0.3, -0.25) is 0 Å². The lowest BCUT2D eigenvalue weighted by atomic mass is 9.83. The van der Waals surface area contributed by atoms with Crippen molar-refractivity contribution < 1.29 is 28.5 Å². The molecule has 0 saturated carbocycles. The fraction of sp³-hybridized carbons (Fsp3) is 0.308. The Labute approximate surface area is 193 Å². The fourth-order valence-electron chi connectivity index (χ4n) is 4.16. The molecule has 0 spiro atoms. The third kappa shape index (κ3) is 5.26. The van der Waals surface area contributed by atoms with E-state index in [2.05, 4.69) is 0 Å². The van der Waals surface area contributed by atoms with Gasteiger partial charge < -0.3 is 23.8 Å². The maximum Gasteiger partial charge on any atom is 0.336 e. The molecule has 0 radical (unpaired) electrons. The van der Waals surface area contributed by atoms with E-state index in [0.29, 0.717) is 34.8 Å². The minimum Gasteiger partial charge on any atom is -0.466 e. The zero-order valence-corrected chi connectivity index (χ0v) is 18.7. The van der Waals surface area contributed by atoms with Crippen molar-refractivity contribution in [1.82, 2.24) is 4.90 Å². The number of ether oxygens (including phenoxy) is 4. The zero-order valence-electron chi connectivity index (χ0n) is 18.7. The van der Waals surface area contributed by atoms with Gasteiger partial charge in [-0.05, 0) is 42.7 Å². The average molecular weight is 450 g/mol. The van der Waals surface area contributed by atoms with Crippen LogP contribution in [0.15, 0.2) is 78.1 Å².